The van der Waals surface area contributed by atoms with E-state index in [9.17, 15) is 5.11 Å². The van der Waals surface area contributed by atoms with Gasteiger partial charge in [-0.2, -0.15) is 15.1 Å². The molecule has 0 saturated heterocycles. The number of rotatable bonds is 5. The summed E-state index contributed by atoms with van der Waals surface area (Å²) in [4.78, 5) is 9.10. The van der Waals surface area contributed by atoms with Crippen LogP contribution in [0.1, 0.15) is 31.5 Å². The number of nitrogens with one attached hydrogen (secondary N) is 1. The minimum Gasteiger partial charge on any atom is -0.477 e. The van der Waals surface area contributed by atoms with Crippen LogP contribution < -0.4 is 10.1 Å². The van der Waals surface area contributed by atoms with Gasteiger partial charge in [0.2, 0.25) is 11.8 Å². The Morgan fingerprint density at radius 1 is 1.36 bits per heavy atom. The Kier molecular flexibility index (Phi) is 3.84. The van der Waals surface area contributed by atoms with Crippen LogP contribution in [0.15, 0.2) is 18.5 Å². The third kappa shape index (κ3) is 2.72. The average molecular weight is 342 g/mol. The third-order valence-corrected chi connectivity index (χ3v) is 4.70. The number of fused-ring (bicyclic) bond motifs is 1. The second kappa shape index (κ2) is 6.03. The fraction of sp³-hybridized carbons (Fsp3) is 0.471. The van der Waals surface area contributed by atoms with Gasteiger partial charge in [0.05, 0.1) is 41.7 Å². The molecule has 0 unspecified atom stereocenters. The number of nitrogens with zero attached hydrogens (tertiary/aromatic N) is 5. The van der Waals surface area contributed by atoms with Crippen molar-refractivity contribution in [3.8, 4) is 5.88 Å². The van der Waals surface area contributed by atoms with Crippen LogP contribution in [0.2, 0.25) is 0 Å². The summed E-state index contributed by atoms with van der Waals surface area (Å²) in [6.07, 6.45) is 5.02. The van der Waals surface area contributed by atoms with E-state index < -0.39 is 0 Å². The van der Waals surface area contributed by atoms with Crippen LogP contribution in [-0.2, 0) is 7.05 Å². The molecule has 3 aromatic heterocycles. The van der Waals surface area contributed by atoms with Gasteiger partial charge >= 0.3 is 0 Å². The summed E-state index contributed by atoms with van der Waals surface area (Å²) >= 11 is 0. The van der Waals surface area contributed by atoms with Crippen molar-refractivity contribution in [3.63, 3.8) is 0 Å². The molecule has 0 bridgehead atoms. The Hall–Kier alpha value is -2.61. The molecule has 8 nitrogen and oxygen atoms in total. The number of aryl methyl sites for hydroxylation is 1. The lowest BCUT2D eigenvalue weighted by molar-refractivity contribution is 0.0426. The molecule has 8 heteroatoms. The van der Waals surface area contributed by atoms with E-state index >= 15 is 0 Å². The minimum absolute atomic E-state index is 0.207. The van der Waals surface area contributed by atoms with Crippen molar-refractivity contribution in [2.75, 3.05) is 11.9 Å². The van der Waals surface area contributed by atoms with Crippen molar-refractivity contribution < 1.29 is 9.84 Å². The van der Waals surface area contributed by atoms with Crippen molar-refractivity contribution >= 4 is 22.7 Å². The lowest BCUT2D eigenvalue weighted by Gasteiger charge is -2.32. The largest absolute Gasteiger partial charge is 0.477 e. The van der Waals surface area contributed by atoms with Gasteiger partial charge in [-0.15, -0.1) is 0 Å². The highest BCUT2D eigenvalue weighted by atomic mass is 16.5. The van der Waals surface area contributed by atoms with Crippen molar-refractivity contribution in [2.45, 2.75) is 38.8 Å². The second-order valence-electron chi connectivity index (χ2n) is 6.44. The summed E-state index contributed by atoms with van der Waals surface area (Å²) < 4.78 is 9.57. The van der Waals surface area contributed by atoms with Crippen molar-refractivity contribution in [3.05, 3.63) is 24.2 Å². The molecule has 4 rings (SSSR count). The molecular weight excluding hydrogens is 320 g/mol. The number of hydrogen-bond donors (Lipinski definition) is 2. The van der Waals surface area contributed by atoms with Crippen LogP contribution in [0, 0.1) is 6.92 Å². The number of ether oxygens (including phenoxy) is 1. The van der Waals surface area contributed by atoms with Crippen LogP contribution in [-0.4, -0.2) is 42.1 Å². The molecule has 25 heavy (non-hydrogen) atoms. The summed E-state index contributed by atoms with van der Waals surface area (Å²) in [7, 11) is 1.94. The third-order valence-electron chi connectivity index (χ3n) is 4.70. The topological polar surface area (TPSA) is 90.0 Å². The van der Waals surface area contributed by atoms with E-state index in [-0.39, 0.29) is 12.1 Å². The van der Waals surface area contributed by atoms with E-state index in [1.807, 2.05) is 42.4 Å². The smallest absolute Gasteiger partial charge is 0.232 e. The van der Waals surface area contributed by atoms with E-state index in [0.717, 1.165) is 35.3 Å². The van der Waals surface area contributed by atoms with Crippen LogP contribution in [0.5, 0.6) is 5.88 Å². The number of aromatic nitrogens is 5. The molecule has 1 saturated carbocycles. The maximum Gasteiger partial charge on any atom is 0.232 e. The zero-order valence-corrected chi connectivity index (χ0v) is 14.6. The van der Waals surface area contributed by atoms with Gasteiger partial charge in [-0.3, -0.25) is 4.68 Å². The van der Waals surface area contributed by atoms with Gasteiger partial charge in [0.1, 0.15) is 5.65 Å². The molecule has 3 heterocycles. The molecular formula is C17H22N6O2. The van der Waals surface area contributed by atoms with E-state index in [1.165, 1.54) is 0 Å². The van der Waals surface area contributed by atoms with Gasteiger partial charge < -0.3 is 19.7 Å². The van der Waals surface area contributed by atoms with Gasteiger partial charge in [0, 0.05) is 13.2 Å². The molecule has 132 valence electrons. The molecule has 0 aromatic carbocycles. The Morgan fingerprint density at radius 3 is 2.88 bits per heavy atom. The molecule has 0 atom stereocenters. The molecule has 1 aliphatic rings. The van der Waals surface area contributed by atoms with Crippen LogP contribution in [0.4, 0.5) is 11.6 Å². The Labute approximate surface area is 145 Å². The Balaban J connectivity index is 1.65. The monoisotopic (exact) mass is 342 g/mol. The van der Waals surface area contributed by atoms with Gasteiger partial charge in [-0.1, -0.05) is 0 Å². The van der Waals surface area contributed by atoms with Crippen LogP contribution in [0.25, 0.3) is 11.0 Å². The standard InChI is InChI=1S/C17H22N6O2/c1-4-25-16-13-5-6-22(3)15(13)20-17(21-16)19-14-9-18-23(10(14)2)11-7-12(24)8-11/h5-6,9,11-12,24H,4,7-8H2,1-3H3,(H,19,20,21). The number of aliphatic hydroxyl groups is 1. The Bertz CT molecular complexity index is 909. The fourth-order valence-electron chi connectivity index (χ4n) is 3.21. The van der Waals surface area contributed by atoms with Crippen LogP contribution >= 0.6 is 0 Å². The molecule has 0 spiro atoms. The van der Waals surface area contributed by atoms with E-state index in [2.05, 4.69) is 20.4 Å². The van der Waals surface area contributed by atoms with Gasteiger partial charge in [-0.05, 0) is 32.8 Å². The van der Waals surface area contributed by atoms with Crippen LogP contribution in [0.3, 0.4) is 0 Å². The molecule has 1 fully saturated rings. The highest BCUT2D eigenvalue weighted by Crippen LogP contribution is 2.34. The predicted molar refractivity (Wildman–Crippen MR) is 94.2 cm³/mol. The molecule has 1 aliphatic carbocycles. The van der Waals surface area contributed by atoms with E-state index in [0.29, 0.717) is 18.4 Å². The fourth-order valence-corrected chi connectivity index (χ4v) is 3.21. The first-order valence-corrected chi connectivity index (χ1v) is 8.52. The van der Waals surface area contributed by atoms with Crippen molar-refractivity contribution in [2.24, 2.45) is 7.05 Å². The average Bonchev–Trinajstić information content (AvgIpc) is 3.10. The summed E-state index contributed by atoms with van der Waals surface area (Å²) in [5, 5.41) is 18.1. The van der Waals surface area contributed by atoms with Gasteiger partial charge in [-0.25, -0.2) is 0 Å². The predicted octanol–water partition coefficient (Wildman–Crippen LogP) is 2.31. The lowest BCUT2D eigenvalue weighted by atomic mass is 9.89. The van der Waals surface area contributed by atoms with Crippen molar-refractivity contribution in [1.29, 1.82) is 0 Å². The maximum absolute atomic E-state index is 9.51. The van der Waals surface area contributed by atoms with E-state index in [1.54, 1.807) is 6.20 Å². The minimum atomic E-state index is -0.207. The molecule has 0 aliphatic heterocycles. The molecule has 0 amide bonds. The van der Waals surface area contributed by atoms with Gasteiger partial charge in [0.15, 0.2) is 0 Å². The molecule has 3 aromatic rings. The number of hydrogen-bond acceptors (Lipinski definition) is 6. The molecule has 2 N–H and O–H groups in total. The summed E-state index contributed by atoms with van der Waals surface area (Å²) in [5.74, 6) is 1.05. The van der Waals surface area contributed by atoms with Crippen molar-refractivity contribution in [1.82, 2.24) is 24.3 Å². The first kappa shape index (κ1) is 15.9. The first-order chi connectivity index (χ1) is 12.1. The maximum atomic E-state index is 9.51. The first-order valence-electron chi connectivity index (χ1n) is 8.52. The Morgan fingerprint density at radius 2 is 2.16 bits per heavy atom. The number of anilines is 2. The van der Waals surface area contributed by atoms with E-state index in [4.69, 9.17) is 4.74 Å². The second-order valence-corrected chi connectivity index (χ2v) is 6.44. The highest BCUT2D eigenvalue weighted by molar-refractivity contribution is 5.83. The lowest BCUT2D eigenvalue weighted by Crippen LogP contribution is -2.31. The van der Waals surface area contributed by atoms with Gasteiger partial charge in [0.25, 0.3) is 0 Å². The normalized spacial score (nSPS) is 19.8. The zero-order chi connectivity index (χ0) is 17.6. The SMILES string of the molecule is CCOc1nc(Nc2cnn(C3CC(O)C3)c2C)nc2c1ccn2C. The number of aliphatic hydroxyl groups excluding tert-OH is 1. The summed E-state index contributed by atoms with van der Waals surface area (Å²) in [5.41, 5.74) is 2.68. The summed E-state index contributed by atoms with van der Waals surface area (Å²) in [6, 6.07) is 2.22. The highest BCUT2D eigenvalue weighted by Gasteiger charge is 2.30. The zero-order valence-electron chi connectivity index (χ0n) is 14.6. The molecule has 0 radical (unpaired) electrons. The quantitative estimate of drug-likeness (QED) is 0.739. The summed E-state index contributed by atoms with van der Waals surface area (Å²) in [6.45, 7) is 4.48.